The topological polar surface area (TPSA) is 0 Å². The van der Waals surface area contributed by atoms with Crippen LogP contribution in [0, 0.1) is 30.6 Å². The van der Waals surface area contributed by atoms with Gasteiger partial charge in [-0.05, 0) is 92.1 Å². The van der Waals surface area contributed by atoms with Crippen molar-refractivity contribution in [3.63, 3.8) is 0 Å². The normalized spacial score (nSPS) is 13.4. The molecule has 3 aromatic rings. The maximum absolute atomic E-state index is 3.52. The van der Waals surface area contributed by atoms with E-state index in [0.717, 1.165) is 16.7 Å². The van der Waals surface area contributed by atoms with E-state index in [2.05, 4.69) is 104 Å². The highest BCUT2D eigenvalue weighted by molar-refractivity contribution is 5.53. The summed E-state index contributed by atoms with van der Waals surface area (Å²) in [6.07, 6.45) is 12.9. The Morgan fingerprint density at radius 2 is 1.29 bits per heavy atom. The van der Waals surface area contributed by atoms with Crippen molar-refractivity contribution >= 4 is 0 Å². The van der Waals surface area contributed by atoms with E-state index in [9.17, 15) is 0 Å². The van der Waals surface area contributed by atoms with E-state index < -0.39 is 0 Å². The fraction of sp³-hybridized carbons (Fsp3) is 0.371. The Morgan fingerprint density at radius 3 is 2.00 bits per heavy atom. The minimum Gasteiger partial charge on any atom is -0.0654 e. The van der Waals surface area contributed by atoms with Crippen LogP contribution in [-0.4, -0.2) is 0 Å². The van der Waals surface area contributed by atoms with Gasteiger partial charge in [0.25, 0.3) is 0 Å². The molecule has 0 bridgehead atoms. The Morgan fingerprint density at radius 1 is 0.657 bits per heavy atom. The van der Waals surface area contributed by atoms with Crippen molar-refractivity contribution in [3.8, 4) is 23.7 Å². The molecule has 1 aliphatic carbocycles. The molecule has 0 atom stereocenters. The van der Waals surface area contributed by atoms with Crippen molar-refractivity contribution in [1.29, 1.82) is 0 Å². The first-order valence-corrected chi connectivity index (χ1v) is 13.5. The van der Waals surface area contributed by atoms with Crippen LogP contribution in [0.4, 0.5) is 0 Å². The zero-order chi connectivity index (χ0) is 24.3. The molecule has 3 aromatic carbocycles. The first-order chi connectivity index (χ1) is 17.2. The van der Waals surface area contributed by atoms with E-state index in [4.69, 9.17) is 0 Å². The van der Waals surface area contributed by atoms with E-state index in [-0.39, 0.29) is 0 Å². The van der Waals surface area contributed by atoms with Gasteiger partial charge in [0.05, 0.1) is 0 Å². The zero-order valence-corrected chi connectivity index (χ0v) is 21.5. The highest BCUT2D eigenvalue weighted by atomic mass is 14.2. The Labute approximate surface area is 213 Å². The average molecular weight is 459 g/mol. The lowest BCUT2D eigenvalue weighted by atomic mass is 9.81. The molecule has 4 rings (SSSR count). The molecule has 0 amide bonds. The second-order valence-electron chi connectivity index (χ2n) is 10.0. The van der Waals surface area contributed by atoms with Gasteiger partial charge in [-0.25, -0.2) is 0 Å². The van der Waals surface area contributed by atoms with Crippen molar-refractivity contribution in [3.05, 3.63) is 106 Å². The molecule has 35 heavy (non-hydrogen) atoms. The van der Waals surface area contributed by atoms with E-state index >= 15 is 0 Å². The molecular weight excluding hydrogens is 420 g/mol. The molecule has 0 aliphatic heterocycles. The first kappa shape index (κ1) is 24.9. The van der Waals surface area contributed by atoms with Gasteiger partial charge in [0.1, 0.15) is 0 Å². The molecule has 0 aromatic heterocycles. The Balaban J connectivity index is 1.53. The molecule has 0 nitrogen and oxygen atoms in total. The van der Waals surface area contributed by atoms with Crippen LogP contribution in [-0.2, 0) is 6.42 Å². The third-order valence-electron chi connectivity index (χ3n) is 7.11. The molecule has 1 aliphatic rings. The van der Waals surface area contributed by atoms with Gasteiger partial charge in [0.2, 0.25) is 0 Å². The number of rotatable bonds is 6. The van der Waals surface area contributed by atoms with Crippen molar-refractivity contribution in [1.82, 2.24) is 0 Å². The second-order valence-corrected chi connectivity index (χ2v) is 10.0. The quantitative estimate of drug-likeness (QED) is 0.255. The summed E-state index contributed by atoms with van der Waals surface area (Å²) in [6, 6.07) is 23.9. The number of aryl methyl sites for hydroxylation is 2. The van der Waals surface area contributed by atoms with Crippen molar-refractivity contribution in [2.45, 2.75) is 84.0 Å². The molecular formula is C35H38. The van der Waals surface area contributed by atoms with Gasteiger partial charge >= 0.3 is 0 Å². The summed E-state index contributed by atoms with van der Waals surface area (Å²) in [4.78, 5) is 0. The molecule has 0 radical (unpaired) electrons. The van der Waals surface area contributed by atoms with Crippen LogP contribution in [0.1, 0.15) is 110 Å². The predicted octanol–water partition coefficient (Wildman–Crippen LogP) is 8.97. The van der Waals surface area contributed by atoms with Crippen LogP contribution < -0.4 is 0 Å². The smallest absolute Gasteiger partial charge is 0.0284 e. The minimum absolute atomic E-state index is 0.597. The van der Waals surface area contributed by atoms with Crippen LogP contribution in [0.5, 0.6) is 0 Å². The van der Waals surface area contributed by atoms with Crippen LogP contribution in [0.3, 0.4) is 0 Å². The largest absolute Gasteiger partial charge is 0.0654 e. The minimum atomic E-state index is 0.597. The summed E-state index contributed by atoms with van der Waals surface area (Å²) < 4.78 is 0. The van der Waals surface area contributed by atoms with E-state index in [1.165, 1.54) is 86.5 Å². The lowest BCUT2D eigenvalue weighted by Gasteiger charge is -2.23. The standard InChI is InChI=1S/C35H38/c1-3-4-5-7-10-29-17-19-31(20-18-29)23-25-34-26-24-32(22-21-30-15-13-28(2)14-16-30)27-35(34)33-11-8-6-9-12-33/h13-20,24,26-27,33H,3-12H2,1-2H3. The van der Waals surface area contributed by atoms with E-state index in [1.54, 1.807) is 0 Å². The van der Waals surface area contributed by atoms with E-state index in [0.29, 0.717) is 5.92 Å². The number of benzene rings is 3. The Bertz CT molecular complexity index is 1200. The maximum atomic E-state index is 3.52. The molecule has 0 N–H and O–H groups in total. The first-order valence-electron chi connectivity index (χ1n) is 13.5. The maximum Gasteiger partial charge on any atom is 0.0284 e. The summed E-state index contributed by atoms with van der Waals surface area (Å²) in [5.41, 5.74) is 8.49. The van der Waals surface area contributed by atoms with Crippen LogP contribution in [0.25, 0.3) is 0 Å². The van der Waals surface area contributed by atoms with Gasteiger partial charge in [-0.3, -0.25) is 0 Å². The summed E-state index contributed by atoms with van der Waals surface area (Å²) in [6.45, 7) is 4.37. The summed E-state index contributed by atoms with van der Waals surface area (Å²) in [7, 11) is 0. The van der Waals surface area contributed by atoms with E-state index in [1.807, 2.05) is 0 Å². The van der Waals surface area contributed by atoms with Crippen LogP contribution >= 0.6 is 0 Å². The fourth-order valence-electron chi connectivity index (χ4n) is 4.94. The van der Waals surface area contributed by atoms with Crippen molar-refractivity contribution in [2.75, 3.05) is 0 Å². The van der Waals surface area contributed by atoms with Gasteiger partial charge < -0.3 is 0 Å². The summed E-state index contributed by atoms with van der Waals surface area (Å²) >= 11 is 0. The summed E-state index contributed by atoms with van der Waals surface area (Å²) in [5, 5.41) is 0. The zero-order valence-electron chi connectivity index (χ0n) is 21.5. The predicted molar refractivity (Wildman–Crippen MR) is 150 cm³/mol. The molecule has 0 heteroatoms. The fourth-order valence-corrected chi connectivity index (χ4v) is 4.94. The molecule has 0 unspecified atom stereocenters. The van der Waals surface area contributed by atoms with Gasteiger partial charge in [0, 0.05) is 22.3 Å². The van der Waals surface area contributed by atoms with Crippen molar-refractivity contribution in [2.24, 2.45) is 0 Å². The molecule has 178 valence electrons. The second kappa shape index (κ2) is 13.0. The van der Waals surface area contributed by atoms with Gasteiger partial charge in [-0.1, -0.05) is 99.0 Å². The lowest BCUT2D eigenvalue weighted by molar-refractivity contribution is 0.443. The summed E-state index contributed by atoms with van der Waals surface area (Å²) in [5.74, 6) is 14.3. The van der Waals surface area contributed by atoms with Gasteiger partial charge in [0.15, 0.2) is 0 Å². The molecule has 0 heterocycles. The van der Waals surface area contributed by atoms with Crippen LogP contribution in [0.15, 0.2) is 66.7 Å². The van der Waals surface area contributed by atoms with Crippen LogP contribution in [0.2, 0.25) is 0 Å². The molecule has 1 saturated carbocycles. The Hall–Kier alpha value is -3.22. The molecule has 0 saturated heterocycles. The Kier molecular flexibility index (Phi) is 9.26. The van der Waals surface area contributed by atoms with Crippen molar-refractivity contribution < 1.29 is 0 Å². The highest BCUT2D eigenvalue weighted by Crippen LogP contribution is 2.34. The van der Waals surface area contributed by atoms with Gasteiger partial charge in [-0.15, -0.1) is 0 Å². The number of unbranched alkanes of at least 4 members (excludes halogenated alkanes) is 3. The number of hydrogen-bond donors (Lipinski definition) is 0. The number of hydrogen-bond acceptors (Lipinski definition) is 0. The highest BCUT2D eigenvalue weighted by Gasteiger charge is 2.18. The third-order valence-corrected chi connectivity index (χ3v) is 7.11. The average Bonchev–Trinajstić information content (AvgIpc) is 2.91. The molecule has 1 fully saturated rings. The van der Waals surface area contributed by atoms with Gasteiger partial charge in [-0.2, -0.15) is 0 Å². The SMILES string of the molecule is CCCCCCc1ccc(C#Cc2ccc(C#Cc3ccc(C)cc3)cc2C2CCCCC2)cc1. The third kappa shape index (κ3) is 7.64. The molecule has 0 spiro atoms. The lowest BCUT2D eigenvalue weighted by Crippen LogP contribution is -2.06. The monoisotopic (exact) mass is 458 g/mol.